The Morgan fingerprint density at radius 3 is 1.57 bits per heavy atom. The van der Waals surface area contributed by atoms with Crippen LogP contribution < -0.4 is 5.73 Å². The Morgan fingerprint density at radius 2 is 1.06 bits per heavy atom. The van der Waals surface area contributed by atoms with Crippen molar-refractivity contribution in [2.75, 3.05) is 26.4 Å². The van der Waals surface area contributed by atoms with Crippen molar-refractivity contribution in [1.82, 2.24) is 0 Å². The van der Waals surface area contributed by atoms with Crippen molar-refractivity contribution < 1.29 is 37.6 Å². The van der Waals surface area contributed by atoms with Gasteiger partial charge in [0, 0.05) is 19.0 Å². The van der Waals surface area contributed by atoms with Gasteiger partial charge < -0.3 is 20.1 Å². The van der Waals surface area contributed by atoms with Gasteiger partial charge in [0.1, 0.15) is 6.61 Å². The maximum atomic E-state index is 12.4. The van der Waals surface area contributed by atoms with Gasteiger partial charge in [-0.1, -0.05) is 196 Å². The molecule has 1 unspecified atom stereocenters. The molecule has 53 heavy (non-hydrogen) atoms. The molecule has 0 bridgehead atoms. The monoisotopic (exact) mass is 764 g/mol. The molecule has 0 aromatic rings. The van der Waals surface area contributed by atoms with Crippen molar-refractivity contribution in [2.45, 2.75) is 161 Å². The average molecular weight is 764 g/mol. The molecule has 3 N–H and O–H groups in total. The topological polar surface area (TPSA) is 134 Å². The van der Waals surface area contributed by atoms with E-state index in [2.05, 4.69) is 26.0 Å². The Hall–Kier alpha value is -2.55. The van der Waals surface area contributed by atoms with Crippen LogP contribution in [0.4, 0.5) is 0 Å². The van der Waals surface area contributed by atoms with E-state index in [0.29, 0.717) is 6.42 Å². The fraction of sp³-hybridized carbons (Fsp3) is 0.674. The van der Waals surface area contributed by atoms with Crippen LogP contribution in [0.15, 0.2) is 72.9 Å². The van der Waals surface area contributed by atoms with Gasteiger partial charge in [0.05, 0.1) is 13.2 Å². The van der Waals surface area contributed by atoms with Gasteiger partial charge in [0.25, 0.3) is 0 Å². The summed E-state index contributed by atoms with van der Waals surface area (Å²) in [5, 5.41) is 0. The highest BCUT2D eigenvalue weighted by Gasteiger charge is 2.25. The van der Waals surface area contributed by atoms with Crippen LogP contribution >= 0.6 is 7.82 Å². The molecule has 2 atom stereocenters. The summed E-state index contributed by atoms with van der Waals surface area (Å²) in [5.74, 6) is -1.15. The fourth-order valence-corrected chi connectivity index (χ4v) is 6.05. The predicted octanol–water partition coefficient (Wildman–Crippen LogP) is 11.5. The van der Waals surface area contributed by atoms with Crippen LogP contribution in [0.25, 0.3) is 0 Å². The number of phosphoric ester groups is 1. The highest BCUT2D eigenvalue weighted by Crippen LogP contribution is 2.43. The lowest BCUT2D eigenvalue weighted by atomic mass is 10.0. The van der Waals surface area contributed by atoms with E-state index >= 15 is 0 Å². The smallest absolute Gasteiger partial charge is 0.462 e. The number of esters is 2. The lowest BCUT2D eigenvalue weighted by Crippen LogP contribution is -2.29. The molecule has 0 amide bonds. The van der Waals surface area contributed by atoms with E-state index in [1.807, 2.05) is 36.5 Å². The average Bonchev–Trinajstić information content (AvgIpc) is 3.14. The first-order chi connectivity index (χ1) is 25.8. The van der Waals surface area contributed by atoms with E-state index in [9.17, 15) is 19.0 Å². The van der Waals surface area contributed by atoms with Crippen LogP contribution in [0, 0.1) is 0 Å². The van der Waals surface area contributed by atoms with Crippen LogP contribution in [0.1, 0.15) is 155 Å². The third-order valence-electron chi connectivity index (χ3n) is 8.34. The zero-order valence-electron chi connectivity index (χ0n) is 33.2. The minimum Gasteiger partial charge on any atom is -0.462 e. The first kappa shape index (κ1) is 50.5. The number of rotatable bonds is 37. The summed E-state index contributed by atoms with van der Waals surface area (Å²) in [6.45, 7) is 3.51. The van der Waals surface area contributed by atoms with Gasteiger partial charge in [-0.25, -0.2) is 9.36 Å². The molecule has 0 saturated heterocycles. The molecule has 0 aliphatic carbocycles. The van der Waals surface area contributed by atoms with E-state index in [1.165, 1.54) is 121 Å². The van der Waals surface area contributed by atoms with Crippen molar-refractivity contribution in [1.29, 1.82) is 0 Å². The van der Waals surface area contributed by atoms with Crippen molar-refractivity contribution in [3.05, 3.63) is 72.9 Å². The van der Waals surface area contributed by atoms with Gasteiger partial charge in [-0.3, -0.25) is 13.8 Å². The normalized spacial score (nSPS) is 14.1. The number of phosphoric acid groups is 1. The molecule has 0 saturated carbocycles. The van der Waals surface area contributed by atoms with Crippen LogP contribution in [0.3, 0.4) is 0 Å². The van der Waals surface area contributed by atoms with Gasteiger partial charge in [0.2, 0.25) is 0 Å². The summed E-state index contributed by atoms with van der Waals surface area (Å²) in [4.78, 5) is 34.6. The standard InChI is InChI=1S/C43H74NO8P/c1-3-5-7-9-11-13-15-17-18-19-20-21-22-24-26-28-30-32-34-36-43(46)52-41(40-51-53(47,48)50-38-37-44)39-49-42(45)35-33-31-29-27-25-23-16-14-12-10-8-6-4-2/h18-22,24,26,28,30,32,34,36,41H,3-17,23,25,27,29,31,33,35,37-40,44H2,1-2H3,(H,47,48)/t41-/m1/s1. The molecule has 10 heteroatoms. The summed E-state index contributed by atoms with van der Waals surface area (Å²) in [5.41, 5.74) is 5.32. The Morgan fingerprint density at radius 1 is 0.604 bits per heavy atom. The van der Waals surface area contributed by atoms with Crippen LogP contribution in [-0.2, 0) is 32.7 Å². The van der Waals surface area contributed by atoms with Crippen molar-refractivity contribution in [2.24, 2.45) is 5.73 Å². The summed E-state index contributed by atoms with van der Waals surface area (Å²) < 4.78 is 32.4. The third kappa shape index (κ3) is 39.0. The van der Waals surface area contributed by atoms with Crippen molar-refractivity contribution in [3.63, 3.8) is 0 Å². The molecule has 0 aliphatic rings. The number of hydrogen-bond donors (Lipinski definition) is 2. The molecule has 0 spiro atoms. The zero-order chi connectivity index (χ0) is 38.9. The Bertz CT molecular complexity index is 1100. The first-order valence-corrected chi connectivity index (χ1v) is 22.0. The molecule has 0 heterocycles. The molecule has 0 aromatic heterocycles. The molecule has 9 nitrogen and oxygen atoms in total. The van der Waals surface area contributed by atoms with Crippen molar-refractivity contribution >= 4 is 19.8 Å². The molecule has 0 rings (SSSR count). The molecule has 0 fully saturated rings. The fourth-order valence-electron chi connectivity index (χ4n) is 5.29. The zero-order valence-corrected chi connectivity index (χ0v) is 34.1. The molecular weight excluding hydrogens is 689 g/mol. The summed E-state index contributed by atoms with van der Waals surface area (Å²) in [7, 11) is -4.42. The number of carbonyl (C=O) groups is 2. The molecule has 0 aliphatic heterocycles. The van der Waals surface area contributed by atoms with E-state index in [-0.39, 0.29) is 26.2 Å². The number of hydrogen-bond acceptors (Lipinski definition) is 8. The molecule has 304 valence electrons. The number of nitrogens with two attached hydrogens (primary N) is 1. The third-order valence-corrected chi connectivity index (χ3v) is 9.32. The summed E-state index contributed by atoms with van der Waals surface area (Å²) >= 11 is 0. The van der Waals surface area contributed by atoms with Crippen LogP contribution in [-0.4, -0.2) is 49.3 Å². The van der Waals surface area contributed by atoms with E-state index in [4.69, 9.17) is 24.3 Å². The van der Waals surface area contributed by atoms with Crippen molar-refractivity contribution in [3.8, 4) is 0 Å². The highest BCUT2D eigenvalue weighted by atomic mass is 31.2. The molecule has 0 aromatic carbocycles. The van der Waals surface area contributed by atoms with Gasteiger partial charge in [-0.15, -0.1) is 0 Å². The van der Waals surface area contributed by atoms with Gasteiger partial charge >= 0.3 is 19.8 Å². The Kier molecular flexibility index (Phi) is 37.3. The van der Waals surface area contributed by atoms with E-state index in [0.717, 1.165) is 19.3 Å². The maximum Gasteiger partial charge on any atom is 0.472 e. The van der Waals surface area contributed by atoms with Crippen LogP contribution in [0.5, 0.6) is 0 Å². The molecule has 0 radical (unpaired) electrons. The number of unbranched alkanes of at least 4 members (excludes halogenated alkanes) is 19. The minimum atomic E-state index is -4.42. The summed E-state index contributed by atoms with van der Waals surface area (Å²) in [6.07, 6.45) is 47.2. The Labute approximate surface area is 322 Å². The number of ether oxygens (including phenoxy) is 2. The second kappa shape index (κ2) is 39.2. The SMILES string of the molecule is CCCCCCCCCC=CC=CC=CC=CC=CC=CC(=O)O[C@H](COC(=O)CCCCCCCCCCCCCCC)COP(=O)(O)OCCN. The molecular formula is C43H74NO8P. The van der Waals surface area contributed by atoms with Gasteiger partial charge in [0.15, 0.2) is 6.10 Å². The lowest BCUT2D eigenvalue weighted by molar-refractivity contribution is -0.157. The maximum absolute atomic E-state index is 12.4. The number of carbonyl (C=O) groups excluding carboxylic acids is 2. The first-order valence-electron chi connectivity index (χ1n) is 20.5. The predicted molar refractivity (Wildman–Crippen MR) is 219 cm³/mol. The lowest BCUT2D eigenvalue weighted by Gasteiger charge is -2.19. The van der Waals surface area contributed by atoms with E-state index in [1.54, 1.807) is 12.2 Å². The minimum absolute atomic E-state index is 0.0288. The second-order valence-corrected chi connectivity index (χ2v) is 14.8. The van der Waals surface area contributed by atoms with Gasteiger partial charge in [-0.2, -0.15) is 0 Å². The Balaban J connectivity index is 4.46. The second-order valence-electron chi connectivity index (χ2n) is 13.4. The van der Waals surface area contributed by atoms with Crippen LogP contribution in [0.2, 0.25) is 0 Å². The quantitative estimate of drug-likeness (QED) is 0.0208. The summed E-state index contributed by atoms with van der Waals surface area (Å²) in [6, 6.07) is 0. The van der Waals surface area contributed by atoms with Gasteiger partial charge in [-0.05, 0) is 19.3 Å². The highest BCUT2D eigenvalue weighted by molar-refractivity contribution is 7.47. The largest absolute Gasteiger partial charge is 0.472 e. The van der Waals surface area contributed by atoms with E-state index < -0.39 is 32.5 Å². The number of allylic oxidation sites excluding steroid dienone is 11.